The number of halogens is 3. The molecule has 0 N–H and O–H groups in total. The zero-order valence-corrected chi connectivity index (χ0v) is 17.6. The second kappa shape index (κ2) is 9.04. The van der Waals surface area contributed by atoms with Crippen molar-refractivity contribution < 1.29 is 22.7 Å². The number of carbonyl (C=O) groups is 1. The van der Waals surface area contributed by atoms with E-state index in [-0.39, 0.29) is 22.4 Å². The van der Waals surface area contributed by atoms with E-state index in [9.17, 15) is 18.0 Å². The average molecular weight is 437 g/mol. The third-order valence-corrected chi connectivity index (χ3v) is 6.36. The molecule has 0 heterocycles. The average Bonchev–Trinajstić information content (AvgIpc) is 2.79. The summed E-state index contributed by atoms with van der Waals surface area (Å²) in [6, 6.07) is 13.3. The van der Waals surface area contributed by atoms with Crippen molar-refractivity contribution in [1.29, 1.82) is 5.26 Å². The van der Waals surface area contributed by atoms with Crippen LogP contribution in [0.3, 0.4) is 0 Å². The highest BCUT2D eigenvalue weighted by molar-refractivity contribution is 5.92. The number of fused-ring (bicyclic) bond motifs is 1. The number of rotatable bonds is 4. The van der Waals surface area contributed by atoms with Crippen LogP contribution in [0, 0.1) is 28.9 Å². The molecule has 4 rings (SSSR count). The Morgan fingerprint density at radius 2 is 1.88 bits per heavy atom. The highest BCUT2D eigenvalue weighted by Crippen LogP contribution is 2.39. The van der Waals surface area contributed by atoms with Crippen LogP contribution in [-0.4, -0.2) is 12.1 Å². The van der Waals surface area contributed by atoms with Gasteiger partial charge in [0.05, 0.1) is 5.56 Å². The van der Waals surface area contributed by atoms with Crippen molar-refractivity contribution in [3.63, 3.8) is 0 Å². The Morgan fingerprint density at radius 1 is 1.12 bits per heavy atom. The summed E-state index contributed by atoms with van der Waals surface area (Å²) in [5.74, 6) is -2.16. The van der Waals surface area contributed by atoms with Gasteiger partial charge in [-0.2, -0.15) is 5.26 Å². The molecule has 1 aliphatic carbocycles. The predicted octanol–water partition coefficient (Wildman–Crippen LogP) is 6.84. The van der Waals surface area contributed by atoms with E-state index in [0.29, 0.717) is 17.9 Å². The number of hydrogen-bond donors (Lipinski definition) is 0. The number of alkyl halides is 1. The zero-order chi connectivity index (χ0) is 22.8. The number of carbonyl (C=O) groups excluding carboxylic acids is 1. The van der Waals surface area contributed by atoms with Crippen LogP contribution in [0.2, 0.25) is 0 Å². The van der Waals surface area contributed by atoms with Gasteiger partial charge in [0.25, 0.3) is 0 Å². The number of nitrogens with zero attached hydrogens (tertiary/aromatic N) is 1. The topological polar surface area (TPSA) is 50.1 Å². The van der Waals surface area contributed by atoms with E-state index in [1.165, 1.54) is 24.3 Å². The third kappa shape index (κ3) is 4.20. The van der Waals surface area contributed by atoms with Crippen LogP contribution >= 0.6 is 0 Å². The summed E-state index contributed by atoms with van der Waals surface area (Å²) in [4.78, 5) is 12.5. The second-order valence-corrected chi connectivity index (χ2v) is 8.26. The van der Waals surface area contributed by atoms with Gasteiger partial charge < -0.3 is 4.74 Å². The number of nitriles is 1. The lowest BCUT2D eigenvalue weighted by molar-refractivity contribution is 0.0735. The van der Waals surface area contributed by atoms with Gasteiger partial charge >= 0.3 is 5.97 Å². The molecule has 0 aromatic heterocycles. The molecule has 0 saturated heterocycles. The fraction of sp³-hybridized carbons (Fsp3) is 0.308. The van der Waals surface area contributed by atoms with E-state index in [1.807, 2.05) is 0 Å². The zero-order valence-electron chi connectivity index (χ0n) is 17.6. The minimum absolute atomic E-state index is 0.0608. The molecule has 0 amide bonds. The SMILES string of the molecule is CCC1CCC(c2ccc(C(=O)Oc3ccc4c(F)c(C#N)c(F)cc4c3)cc2)C(F)C1. The third-order valence-electron chi connectivity index (χ3n) is 6.36. The number of benzene rings is 3. The Labute approximate surface area is 184 Å². The van der Waals surface area contributed by atoms with Crippen molar-refractivity contribution in [3.8, 4) is 11.8 Å². The summed E-state index contributed by atoms with van der Waals surface area (Å²) in [5.41, 5.74) is 0.512. The maximum Gasteiger partial charge on any atom is 0.343 e. The Bertz CT molecular complexity index is 1200. The molecule has 1 aliphatic rings. The molecule has 0 aliphatic heterocycles. The fourth-order valence-electron chi connectivity index (χ4n) is 4.45. The number of esters is 1. The van der Waals surface area contributed by atoms with Crippen molar-refractivity contribution in [3.05, 3.63) is 76.9 Å². The minimum atomic E-state index is -0.976. The molecule has 3 nitrogen and oxygen atoms in total. The summed E-state index contributed by atoms with van der Waals surface area (Å²) >= 11 is 0. The Morgan fingerprint density at radius 3 is 2.53 bits per heavy atom. The molecule has 3 aromatic carbocycles. The smallest absolute Gasteiger partial charge is 0.343 e. The van der Waals surface area contributed by atoms with Gasteiger partial charge in [0.15, 0.2) is 5.82 Å². The van der Waals surface area contributed by atoms with Gasteiger partial charge in [-0.3, -0.25) is 0 Å². The van der Waals surface area contributed by atoms with Crippen LogP contribution in [0.4, 0.5) is 13.2 Å². The maximum atomic E-state index is 14.6. The van der Waals surface area contributed by atoms with E-state index < -0.39 is 29.3 Å². The largest absolute Gasteiger partial charge is 0.423 e. The summed E-state index contributed by atoms with van der Waals surface area (Å²) in [6.45, 7) is 2.09. The predicted molar refractivity (Wildman–Crippen MR) is 115 cm³/mol. The minimum Gasteiger partial charge on any atom is -0.423 e. The molecule has 0 radical (unpaired) electrons. The van der Waals surface area contributed by atoms with Crippen LogP contribution in [0.25, 0.3) is 10.8 Å². The molecule has 1 fully saturated rings. The first-order valence-corrected chi connectivity index (χ1v) is 10.7. The summed E-state index contributed by atoms with van der Waals surface area (Å²) in [7, 11) is 0. The van der Waals surface area contributed by atoms with Crippen molar-refractivity contribution >= 4 is 16.7 Å². The summed E-state index contributed by atoms with van der Waals surface area (Å²) in [5, 5.41) is 9.12. The van der Waals surface area contributed by atoms with E-state index in [4.69, 9.17) is 10.00 Å². The van der Waals surface area contributed by atoms with Gasteiger partial charge in [0.1, 0.15) is 29.4 Å². The summed E-state index contributed by atoms with van der Waals surface area (Å²) < 4.78 is 48.1. The van der Waals surface area contributed by atoms with Crippen LogP contribution < -0.4 is 4.74 Å². The van der Waals surface area contributed by atoms with Gasteiger partial charge in [0.2, 0.25) is 0 Å². The highest BCUT2D eigenvalue weighted by atomic mass is 19.1. The molecule has 0 spiro atoms. The molecule has 164 valence electrons. The van der Waals surface area contributed by atoms with Gasteiger partial charge in [-0.15, -0.1) is 0 Å². The normalized spacial score (nSPS) is 20.7. The van der Waals surface area contributed by atoms with Crippen molar-refractivity contribution in [2.75, 3.05) is 0 Å². The van der Waals surface area contributed by atoms with Crippen LogP contribution in [-0.2, 0) is 0 Å². The van der Waals surface area contributed by atoms with E-state index in [1.54, 1.807) is 24.3 Å². The lowest BCUT2D eigenvalue weighted by Crippen LogP contribution is -2.24. The van der Waals surface area contributed by atoms with Gasteiger partial charge in [0, 0.05) is 11.3 Å². The highest BCUT2D eigenvalue weighted by Gasteiger charge is 2.30. The first kappa shape index (κ1) is 21.9. The van der Waals surface area contributed by atoms with Crippen LogP contribution in [0.1, 0.15) is 60.0 Å². The molecular formula is C26H22F3NO2. The van der Waals surface area contributed by atoms with Crippen LogP contribution in [0.5, 0.6) is 5.75 Å². The van der Waals surface area contributed by atoms with E-state index in [2.05, 4.69) is 6.92 Å². The van der Waals surface area contributed by atoms with Gasteiger partial charge in [-0.1, -0.05) is 25.5 Å². The summed E-state index contributed by atoms with van der Waals surface area (Å²) in [6.07, 6.45) is 2.48. The van der Waals surface area contributed by atoms with E-state index >= 15 is 0 Å². The van der Waals surface area contributed by atoms with E-state index in [0.717, 1.165) is 30.9 Å². The Balaban J connectivity index is 1.49. The Hall–Kier alpha value is -3.33. The lowest BCUT2D eigenvalue weighted by Gasteiger charge is -2.31. The first-order chi connectivity index (χ1) is 15.4. The quantitative estimate of drug-likeness (QED) is 0.332. The molecular weight excluding hydrogens is 415 g/mol. The van der Waals surface area contributed by atoms with Gasteiger partial charge in [-0.25, -0.2) is 18.0 Å². The van der Waals surface area contributed by atoms with Crippen molar-refractivity contribution in [2.24, 2.45) is 5.92 Å². The molecule has 0 bridgehead atoms. The maximum absolute atomic E-state index is 14.6. The molecule has 6 heteroatoms. The molecule has 3 atom stereocenters. The first-order valence-electron chi connectivity index (χ1n) is 10.7. The lowest BCUT2D eigenvalue weighted by atomic mass is 9.76. The fourth-order valence-corrected chi connectivity index (χ4v) is 4.45. The monoisotopic (exact) mass is 437 g/mol. The molecule has 3 unspecified atom stereocenters. The molecule has 1 saturated carbocycles. The Kier molecular flexibility index (Phi) is 6.18. The van der Waals surface area contributed by atoms with Crippen LogP contribution in [0.15, 0.2) is 48.5 Å². The van der Waals surface area contributed by atoms with Crippen molar-refractivity contribution in [2.45, 2.75) is 44.7 Å². The number of ether oxygens (including phenoxy) is 1. The van der Waals surface area contributed by atoms with Crippen molar-refractivity contribution in [1.82, 2.24) is 0 Å². The molecule has 3 aromatic rings. The standard InChI is InChI=1S/C26H22F3NO2/c1-2-15-3-9-20(23(27)11-15)16-4-6-17(7-5-16)26(31)32-19-8-10-21-18(12-19)13-24(28)22(14-30)25(21)29/h4-8,10,12-13,15,20,23H,2-3,9,11H2,1H3. The molecule has 32 heavy (non-hydrogen) atoms. The number of hydrogen-bond acceptors (Lipinski definition) is 3. The second-order valence-electron chi connectivity index (χ2n) is 8.26. The van der Waals surface area contributed by atoms with Gasteiger partial charge in [-0.05, 0) is 72.5 Å².